The van der Waals surface area contributed by atoms with Crippen molar-refractivity contribution in [1.82, 2.24) is 4.98 Å². The van der Waals surface area contributed by atoms with Gasteiger partial charge in [0.05, 0.1) is 12.2 Å². The summed E-state index contributed by atoms with van der Waals surface area (Å²) in [7, 11) is 0. The van der Waals surface area contributed by atoms with Crippen molar-refractivity contribution in [3.63, 3.8) is 0 Å². The lowest BCUT2D eigenvalue weighted by molar-refractivity contribution is 0.0547. The van der Waals surface area contributed by atoms with Crippen LogP contribution in [0.3, 0.4) is 0 Å². The summed E-state index contributed by atoms with van der Waals surface area (Å²) in [4.78, 5) is 4.60. The number of benzene rings is 1. The predicted octanol–water partition coefficient (Wildman–Crippen LogP) is 4.52. The number of aromatic nitrogens is 1. The van der Waals surface area contributed by atoms with E-state index < -0.39 is 5.60 Å². The molecule has 0 aliphatic carbocycles. The van der Waals surface area contributed by atoms with Gasteiger partial charge in [-0.15, -0.1) is 0 Å². The molecule has 2 rings (SSSR count). The highest BCUT2D eigenvalue weighted by Gasteiger charge is 2.15. The molecule has 2 aromatic rings. The zero-order valence-electron chi connectivity index (χ0n) is 15.0. The van der Waals surface area contributed by atoms with E-state index in [1.165, 1.54) is 22.3 Å². The van der Waals surface area contributed by atoms with Gasteiger partial charge in [0, 0.05) is 23.7 Å². The van der Waals surface area contributed by atoms with Gasteiger partial charge in [-0.25, -0.2) is 4.98 Å². The molecule has 0 aliphatic rings. The molecule has 0 saturated carbocycles. The number of aryl methyl sites for hydroxylation is 3. The molecule has 0 fully saturated rings. The minimum atomic E-state index is -0.720. The van der Waals surface area contributed by atoms with E-state index >= 15 is 0 Å². The van der Waals surface area contributed by atoms with Crippen LogP contribution in [0.4, 0.5) is 0 Å². The molecule has 0 saturated heterocycles. The maximum absolute atomic E-state index is 9.75. The molecule has 124 valence electrons. The molecule has 0 unspecified atom stereocenters. The van der Waals surface area contributed by atoms with Crippen LogP contribution in [0.1, 0.15) is 42.7 Å². The van der Waals surface area contributed by atoms with Crippen LogP contribution in [0.15, 0.2) is 24.3 Å². The predicted molar refractivity (Wildman–Crippen MR) is 95.0 cm³/mol. The summed E-state index contributed by atoms with van der Waals surface area (Å²) >= 11 is 0. The fourth-order valence-corrected chi connectivity index (χ4v) is 2.70. The lowest BCUT2D eigenvalue weighted by Crippen LogP contribution is -2.22. The van der Waals surface area contributed by atoms with Crippen LogP contribution in [0, 0.1) is 27.7 Å². The number of pyridine rings is 1. The first-order valence-corrected chi connectivity index (χ1v) is 8.09. The number of hydrogen-bond donors (Lipinski definition) is 1. The monoisotopic (exact) mass is 313 g/mol. The molecule has 0 bridgehead atoms. The smallest absolute Gasteiger partial charge is 0.213 e. The fraction of sp³-hybridized carbons (Fsp3) is 0.450. The number of ether oxygens (including phenoxy) is 1. The van der Waals surface area contributed by atoms with Crippen LogP contribution < -0.4 is 4.74 Å². The minimum Gasteiger partial charge on any atom is -0.478 e. The van der Waals surface area contributed by atoms with Gasteiger partial charge < -0.3 is 9.84 Å². The molecule has 3 heteroatoms. The first-order valence-electron chi connectivity index (χ1n) is 8.09. The zero-order valence-corrected chi connectivity index (χ0v) is 15.0. The maximum atomic E-state index is 9.75. The lowest BCUT2D eigenvalue weighted by Gasteiger charge is -2.18. The SMILES string of the molecule is Cc1cccc(-c2c(C)cc(OCCC(C)(C)O)nc2C)c1C. The Morgan fingerprint density at radius 2 is 1.78 bits per heavy atom. The van der Waals surface area contributed by atoms with Gasteiger partial charge in [0.1, 0.15) is 0 Å². The van der Waals surface area contributed by atoms with Gasteiger partial charge in [0.25, 0.3) is 0 Å². The number of hydrogen-bond acceptors (Lipinski definition) is 3. The van der Waals surface area contributed by atoms with Crippen molar-refractivity contribution in [3.8, 4) is 17.0 Å². The molecular formula is C20H27NO2. The summed E-state index contributed by atoms with van der Waals surface area (Å²) in [5, 5.41) is 9.75. The van der Waals surface area contributed by atoms with Crippen molar-refractivity contribution in [2.45, 2.75) is 53.6 Å². The van der Waals surface area contributed by atoms with Crippen molar-refractivity contribution in [2.75, 3.05) is 6.61 Å². The quantitative estimate of drug-likeness (QED) is 0.882. The van der Waals surface area contributed by atoms with Crippen LogP contribution in [-0.4, -0.2) is 22.3 Å². The van der Waals surface area contributed by atoms with E-state index in [-0.39, 0.29) is 0 Å². The summed E-state index contributed by atoms with van der Waals surface area (Å²) in [6.07, 6.45) is 0.575. The average molecular weight is 313 g/mol. The Bertz CT molecular complexity index is 676. The topological polar surface area (TPSA) is 42.4 Å². The number of rotatable bonds is 5. The standard InChI is InChI=1S/C20H27NO2/c1-13-8-7-9-17(15(13)3)19-14(2)12-18(21-16(19)4)23-11-10-20(5,6)22/h7-9,12,22H,10-11H2,1-6H3. The van der Waals surface area contributed by atoms with Gasteiger partial charge >= 0.3 is 0 Å². The van der Waals surface area contributed by atoms with E-state index in [9.17, 15) is 5.11 Å². The summed E-state index contributed by atoms with van der Waals surface area (Å²) in [5.41, 5.74) is 6.39. The van der Waals surface area contributed by atoms with Crippen LogP contribution in [-0.2, 0) is 0 Å². The number of aliphatic hydroxyl groups is 1. The second kappa shape index (κ2) is 6.71. The summed E-state index contributed by atoms with van der Waals surface area (Å²) in [6.45, 7) is 12.4. The molecule has 1 N–H and O–H groups in total. The van der Waals surface area contributed by atoms with E-state index in [2.05, 4.69) is 44.0 Å². The van der Waals surface area contributed by atoms with E-state index in [4.69, 9.17) is 4.74 Å². The van der Waals surface area contributed by atoms with E-state index in [0.29, 0.717) is 18.9 Å². The third-order valence-corrected chi connectivity index (χ3v) is 4.21. The Labute approximate surface area is 139 Å². The van der Waals surface area contributed by atoms with Crippen LogP contribution in [0.2, 0.25) is 0 Å². The van der Waals surface area contributed by atoms with Gasteiger partial charge in [0.2, 0.25) is 5.88 Å². The normalized spacial score (nSPS) is 11.6. The number of nitrogens with zero attached hydrogens (tertiary/aromatic N) is 1. The van der Waals surface area contributed by atoms with Crippen molar-refractivity contribution >= 4 is 0 Å². The van der Waals surface area contributed by atoms with Gasteiger partial charge in [0.15, 0.2) is 0 Å². The molecule has 1 aromatic carbocycles. The van der Waals surface area contributed by atoms with E-state index in [1.807, 2.05) is 13.0 Å². The Morgan fingerprint density at radius 1 is 1.09 bits per heavy atom. The summed E-state index contributed by atoms with van der Waals surface area (Å²) < 4.78 is 5.72. The Hall–Kier alpha value is -1.87. The second-order valence-corrected chi connectivity index (χ2v) is 6.90. The summed E-state index contributed by atoms with van der Waals surface area (Å²) in [5.74, 6) is 0.623. The Morgan fingerprint density at radius 3 is 2.39 bits per heavy atom. The van der Waals surface area contributed by atoms with Crippen molar-refractivity contribution < 1.29 is 9.84 Å². The van der Waals surface area contributed by atoms with Crippen molar-refractivity contribution in [2.24, 2.45) is 0 Å². The van der Waals surface area contributed by atoms with Crippen LogP contribution in [0.25, 0.3) is 11.1 Å². The minimum absolute atomic E-state index is 0.457. The molecular weight excluding hydrogens is 286 g/mol. The van der Waals surface area contributed by atoms with Crippen LogP contribution in [0.5, 0.6) is 5.88 Å². The third-order valence-electron chi connectivity index (χ3n) is 4.21. The van der Waals surface area contributed by atoms with Gasteiger partial charge in [-0.3, -0.25) is 0 Å². The molecule has 0 radical (unpaired) electrons. The Kier molecular flexibility index (Phi) is 5.10. The van der Waals surface area contributed by atoms with E-state index in [1.54, 1.807) is 13.8 Å². The fourth-order valence-electron chi connectivity index (χ4n) is 2.70. The molecule has 0 amide bonds. The molecule has 0 aliphatic heterocycles. The van der Waals surface area contributed by atoms with Gasteiger partial charge in [-0.05, 0) is 63.8 Å². The van der Waals surface area contributed by atoms with Gasteiger partial charge in [-0.1, -0.05) is 18.2 Å². The maximum Gasteiger partial charge on any atom is 0.213 e. The molecule has 1 heterocycles. The lowest BCUT2D eigenvalue weighted by atomic mass is 9.93. The molecule has 0 spiro atoms. The molecule has 23 heavy (non-hydrogen) atoms. The average Bonchev–Trinajstić information content (AvgIpc) is 2.41. The van der Waals surface area contributed by atoms with Gasteiger partial charge in [-0.2, -0.15) is 0 Å². The highest BCUT2D eigenvalue weighted by atomic mass is 16.5. The molecule has 3 nitrogen and oxygen atoms in total. The van der Waals surface area contributed by atoms with Crippen molar-refractivity contribution in [3.05, 3.63) is 46.6 Å². The van der Waals surface area contributed by atoms with Crippen molar-refractivity contribution in [1.29, 1.82) is 0 Å². The zero-order chi connectivity index (χ0) is 17.2. The molecule has 0 atom stereocenters. The first-order chi connectivity index (χ1) is 10.7. The summed E-state index contributed by atoms with van der Waals surface area (Å²) in [6, 6.07) is 8.35. The Balaban J connectivity index is 2.29. The third kappa shape index (κ3) is 4.32. The molecule has 1 aromatic heterocycles. The van der Waals surface area contributed by atoms with E-state index in [0.717, 1.165) is 11.3 Å². The largest absolute Gasteiger partial charge is 0.478 e. The van der Waals surface area contributed by atoms with Crippen LogP contribution >= 0.6 is 0 Å². The highest BCUT2D eigenvalue weighted by molar-refractivity contribution is 5.73. The first kappa shape index (κ1) is 17.5. The highest BCUT2D eigenvalue weighted by Crippen LogP contribution is 2.32. The second-order valence-electron chi connectivity index (χ2n) is 6.90.